The van der Waals surface area contributed by atoms with Gasteiger partial charge in [-0.15, -0.1) is 0 Å². The van der Waals surface area contributed by atoms with Gasteiger partial charge in [-0.2, -0.15) is 5.26 Å². The molecule has 0 fully saturated rings. The number of nitrogens with one attached hydrogen (secondary N) is 3. The van der Waals surface area contributed by atoms with E-state index in [0.29, 0.717) is 18.5 Å². The Hall–Kier alpha value is -3.60. The summed E-state index contributed by atoms with van der Waals surface area (Å²) in [5.41, 5.74) is 2.09. The molecule has 2 aromatic heterocycles. The van der Waals surface area contributed by atoms with Gasteiger partial charge in [0.1, 0.15) is 18.0 Å². The lowest BCUT2D eigenvalue weighted by Crippen LogP contribution is -2.34. The molecular formula is C18H17N5O3. The van der Waals surface area contributed by atoms with E-state index in [2.05, 4.69) is 31.1 Å². The maximum atomic E-state index is 12.0. The molecule has 2 heterocycles. The fraction of sp³-hybridized carbons (Fsp3) is 0.222. The molecule has 1 atom stereocenters. The summed E-state index contributed by atoms with van der Waals surface area (Å²) in [6.07, 6.45) is 3.26. The number of hydrogen-bond acceptors (Lipinski definition) is 6. The minimum Gasteiger partial charge on any atom is -0.416 e. The normalized spacial score (nSPS) is 11.7. The summed E-state index contributed by atoms with van der Waals surface area (Å²) in [5, 5.41) is 16.2. The predicted molar refractivity (Wildman–Crippen MR) is 95.8 cm³/mol. The van der Waals surface area contributed by atoms with Crippen molar-refractivity contribution in [2.24, 2.45) is 0 Å². The molecule has 0 bridgehead atoms. The van der Waals surface area contributed by atoms with Crippen LogP contribution < -0.4 is 16.4 Å². The van der Waals surface area contributed by atoms with Crippen molar-refractivity contribution in [1.29, 1.82) is 5.26 Å². The number of para-hydroxylation sites is 1. The SMILES string of the molecule is CC(CCNc1c(C#N)cnc2ccccc12)NC(=O)c1coc(=O)[nH]1. The molecule has 0 aliphatic rings. The standard InChI is InChI=1S/C18H17N5O3/c1-11(22-17(24)15-10-26-18(25)23-15)6-7-20-16-12(8-19)9-21-14-5-3-2-4-13(14)16/h2-5,9-11H,6-7H2,1H3,(H,20,21)(H,22,24)(H,23,25). The Kier molecular flexibility index (Phi) is 4.99. The van der Waals surface area contributed by atoms with Crippen molar-refractivity contribution in [3.8, 4) is 6.07 Å². The van der Waals surface area contributed by atoms with Gasteiger partial charge in [-0.25, -0.2) is 4.79 Å². The molecule has 132 valence electrons. The Morgan fingerprint density at radius 2 is 2.23 bits per heavy atom. The Morgan fingerprint density at radius 1 is 1.42 bits per heavy atom. The van der Waals surface area contributed by atoms with Crippen LogP contribution in [0.1, 0.15) is 29.4 Å². The minimum atomic E-state index is -0.668. The predicted octanol–water partition coefficient (Wildman–Crippen LogP) is 2.01. The van der Waals surface area contributed by atoms with Gasteiger partial charge in [0.15, 0.2) is 0 Å². The van der Waals surface area contributed by atoms with E-state index in [9.17, 15) is 14.9 Å². The number of pyridine rings is 1. The summed E-state index contributed by atoms with van der Waals surface area (Å²) in [5.74, 6) is -1.08. The lowest BCUT2D eigenvalue weighted by Gasteiger charge is -2.15. The number of benzene rings is 1. The van der Waals surface area contributed by atoms with Crippen LogP contribution in [0.2, 0.25) is 0 Å². The number of H-pyrrole nitrogens is 1. The van der Waals surface area contributed by atoms with E-state index in [0.717, 1.165) is 22.9 Å². The quantitative estimate of drug-likeness (QED) is 0.624. The number of aromatic nitrogens is 2. The molecule has 3 aromatic rings. The molecular weight excluding hydrogens is 334 g/mol. The summed E-state index contributed by atoms with van der Waals surface area (Å²) >= 11 is 0. The number of rotatable bonds is 6. The molecule has 26 heavy (non-hydrogen) atoms. The van der Waals surface area contributed by atoms with Crippen LogP contribution in [-0.4, -0.2) is 28.5 Å². The molecule has 0 spiro atoms. The smallest absolute Gasteiger partial charge is 0.416 e. The van der Waals surface area contributed by atoms with Crippen LogP contribution in [0.5, 0.6) is 0 Å². The number of carbonyl (C=O) groups is 1. The number of carbonyl (C=O) groups excluding carboxylic acids is 1. The van der Waals surface area contributed by atoms with Crippen molar-refractivity contribution in [2.75, 3.05) is 11.9 Å². The molecule has 1 aromatic carbocycles. The van der Waals surface area contributed by atoms with Crippen LogP contribution in [0.4, 0.5) is 5.69 Å². The number of anilines is 1. The molecule has 3 rings (SSSR count). The first-order chi connectivity index (χ1) is 12.6. The first-order valence-corrected chi connectivity index (χ1v) is 8.09. The summed E-state index contributed by atoms with van der Waals surface area (Å²) in [6, 6.07) is 9.58. The summed E-state index contributed by atoms with van der Waals surface area (Å²) in [6.45, 7) is 2.40. The number of fused-ring (bicyclic) bond motifs is 1. The van der Waals surface area contributed by atoms with Crippen molar-refractivity contribution >= 4 is 22.5 Å². The molecule has 1 amide bonds. The third-order valence-corrected chi connectivity index (χ3v) is 3.92. The number of amides is 1. The average molecular weight is 351 g/mol. The molecule has 0 saturated heterocycles. The molecule has 0 aliphatic carbocycles. The zero-order valence-corrected chi connectivity index (χ0v) is 14.1. The first kappa shape index (κ1) is 17.2. The molecule has 0 saturated carbocycles. The van der Waals surface area contributed by atoms with Gasteiger partial charge in [-0.05, 0) is 19.4 Å². The van der Waals surface area contributed by atoms with Crippen molar-refractivity contribution in [1.82, 2.24) is 15.3 Å². The number of nitriles is 1. The number of nitrogens with zero attached hydrogens (tertiary/aromatic N) is 2. The van der Waals surface area contributed by atoms with Gasteiger partial charge in [-0.3, -0.25) is 14.8 Å². The van der Waals surface area contributed by atoms with Gasteiger partial charge in [0, 0.05) is 24.2 Å². The summed E-state index contributed by atoms with van der Waals surface area (Å²) < 4.78 is 4.55. The van der Waals surface area contributed by atoms with E-state index >= 15 is 0 Å². The highest BCUT2D eigenvalue weighted by atomic mass is 16.4. The maximum absolute atomic E-state index is 12.0. The third-order valence-electron chi connectivity index (χ3n) is 3.92. The zero-order valence-electron chi connectivity index (χ0n) is 14.1. The van der Waals surface area contributed by atoms with Gasteiger partial charge in [-0.1, -0.05) is 18.2 Å². The minimum absolute atomic E-state index is 0.0849. The van der Waals surface area contributed by atoms with Gasteiger partial charge in [0.2, 0.25) is 0 Å². The Balaban J connectivity index is 1.63. The van der Waals surface area contributed by atoms with E-state index in [1.165, 1.54) is 0 Å². The van der Waals surface area contributed by atoms with E-state index in [4.69, 9.17) is 0 Å². The molecule has 3 N–H and O–H groups in total. The topological polar surface area (TPSA) is 124 Å². The monoisotopic (exact) mass is 351 g/mol. The molecule has 0 aliphatic heterocycles. The van der Waals surface area contributed by atoms with E-state index in [1.807, 2.05) is 31.2 Å². The lowest BCUT2D eigenvalue weighted by atomic mass is 10.1. The first-order valence-electron chi connectivity index (χ1n) is 8.09. The van der Waals surface area contributed by atoms with E-state index in [-0.39, 0.29) is 11.7 Å². The largest absolute Gasteiger partial charge is 0.416 e. The maximum Gasteiger partial charge on any atom is 0.416 e. The summed E-state index contributed by atoms with van der Waals surface area (Å²) in [4.78, 5) is 29.5. The lowest BCUT2D eigenvalue weighted by molar-refractivity contribution is 0.0934. The number of aromatic amines is 1. The van der Waals surface area contributed by atoms with Crippen LogP contribution in [0, 0.1) is 11.3 Å². The highest BCUT2D eigenvalue weighted by molar-refractivity contribution is 5.94. The van der Waals surface area contributed by atoms with Crippen LogP contribution in [-0.2, 0) is 0 Å². The van der Waals surface area contributed by atoms with Gasteiger partial charge in [0.25, 0.3) is 5.91 Å². The second-order valence-corrected chi connectivity index (χ2v) is 5.83. The van der Waals surface area contributed by atoms with E-state index in [1.54, 1.807) is 6.20 Å². The molecule has 0 radical (unpaired) electrons. The van der Waals surface area contributed by atoms with E-state index < -0.39 is 11.7 Å². The van der Waals surface area contributed by atoms with Crippen LogP contribution in [0.15, 0.2) is 45.9 Å². The molecule has 1 unspecified atom stereocenters. The Bertz CT molecular complexity index is 1030. The molecule has 8 nitrogen and oxygen atoms in total. The van der Waals surface area contributed by atoms with Crippen LogP contribution in [0.3, 0.4) is 0 Å². The van der Waals surface area contributed by atoms with Crippen LogP contribution in [0.25, 0.3) is 10.9 Å². The Labute approximate surface area is 148 Å². The van der Waals surface area contributed by atoms with Crippen molar-refractivity contribution in [2.45, 2.75) is 19.4 Å². The molecule has 8 heteroatoms. The highest BCUT2D eigenvalue weighted by Gasteiger charge is 2.13. The van der Waals surface area contributed by atoms with Crippen molar-refractivity contribution in [3.63, 3.8) is 0 Å². The number of hydrogen-bond donors (Lipinski definition) is 3. The summed E-state index contributed by atoms with van der Waals surface area (Å²) in [7, 11) is 0. The zero-order chi connectivity index (χ0) is 18.5. The van der Waals surface area contributed by atoms with Gasteiger partial charge >= 0.3 is 5.76 Å². The fourth-order valence-corrected chi connectivity index (χ4v) is 2.60. The average Bonchev–Trinajstić information content (AvgIpc) is 3.08. The van der Waals surface area contributed by atoms with Crippen molar-refractivity contribution in [3.05, 3.63) is 58.5 Å². The Morgan fingerprint density at radius 3 is 2.96 bits per heavy atom. The van der Waals surface area contributed by atoms with Crippen LogP contribution >= 0.6 is 0 Å². The second kappa shape index (κ2) is 7.53. The highest BCUT2D eigenvalue weighted by Crippen LogP contribution is 2.25. The van der Waals surface area contributed by atoms with Crippen molar-refractivity contribution < 1.29 is 9.21 Å². The third kappa shape index (κ3) is 3.72. The fourth-order valence-electron chi connectivity index (χ4n) is 2.60. The van der Waals surface area contributed by atoms with Gasteiger partial charge in [0.05, 0.1) is 16.8 Å². The number of oxazole rings is 1. The second-order valence-electron chi connectivity index (χ2n) is 5.83. The van der Waals surface area contributed by atoms with Gasteiger partial charge < -0.3 is 15.1 Å².